The van der Waals surface area contributed by atoms with Crippen LogP contribution in [-0.2, 0) is 10.5 Å². The molecule has 1 aromatic carbocycles. The van der Waals surface area contributed by atoms with Crippen molar-refractivity contribution in [2.45, 2.75) is 44.1 Å². The number of piperidine rings is 1. The van der Waals surface area contributed by atoms with Crippen LogP contribution in [0.25, 0.3) is 21.3 Å². The molecule has 176 valence electrons. The number of thioether (sulfide) groups is 1. The summed E-state index contributed by atoms with van der Waals surface area (Å²) in [4.78, 5) is 36.0. The molecular weight excluding hydrogens is 452 g/mol. The summed E-state index contributed by atoms with van der Waals surface area (Å²) in [6.45, 7) is 8.32. The predicted octanol–water partition coefficient (Wildman–Crippen LogP) is 4.51. The molecule has 1 amide bonds. The Bertz CT molecular complexity index is 1120. The maximum absolute atomic E-state index is 12.8. The average Bonchev–Trinajstić information content (AvgIpc) is 3.26. The van der Waals surface area contributed by atoms with E-state index in [9.17, 15) is 9.59 Å². The Morgan fingerprint density at radius 3 is 2.82 bits per heavy atom. The summed E-state index contributed by atoms with van der Waals surface area (Å²) < 4.78 is 0. The van der Waals surface area contributed by atoms with Crippen LogP contribution in [0.5, 0.6) is 0 Å². The molecule has 0 aliphatic carbocycles. The normalized spacial score (nSPS) is 16.2. The predicted molar refractivity (Wildman–Crippen MR) is 139 cm³/mol. The smallest absolute Gasteiger partial charge is 0.260 e. The number of amides is 1. The first-order valence-corrected chi connectivity index (χ1v) is 13.6. The summed E-state index contributed by atoms with van der Waals surface area (Å²) in [5.41, 5.74) is 1.80. The third kappa shape index (κ3) is 6.25. The van der Waals surface area contributed by atoms with Crippen molar-refractivity contribution in [3.05, 3.63) is 51.9 Å². The van der Waals surface area contributed by atoms with Crippen LogP contribution in [-0.4, -0.2) is 52.2 Å². The van der Waals surface area contributed by atoms with E-state index in [4.69, 9.17) is 0 Å². The summed E-state index contributed by atoms with van der Waals surface area (Å²) in [6.07, 6.45) is 3.53. The lowest BCUT2D eigenvalue weighted by Gasteiger charge is -2.30. The minimum Gasteiger partial charge on any atom is -0.355 e. The lowest BCUT2D eigenvalue weighted by molar-refractivity contribution is -0.120. The second kappa shape index (κ2) is 11.3. The quantitative estimate of drug-likeness (QED) is 0.437. The third-order valence-electron chi connectivity index (χ3n) is 6.24. The Hall–Kier alpha value is -2.16. The molecule has 0 radical (unpaired) electrons. The minimum absolute atomic E-state index is 0.0400. The lowest BCUT2D eigenvalue weighted by Crippen LogP contribution is -2.36. The van der Waals surface area contributed by atoms with Crippen LogP contribution in [0.3, 0.4) is 0 Å². The number of likely N-dealkylation sites (tertiary alicyclic amines) is 1. The second-order valence-corrected chi connectivity index (χ2v) is 11.0. The fraction of sp³-hybridized carbons (Fsp3) is 0.480. The van der Waals surface area contributed by atoms with Gasteiger partial charge in [0.2, 0.25) is 5.91 Å². The first-order chi connectivity index (χ1) is 16.0. The SMILES string of the molecule is CC1CCN(CCCNC(=O)C(C)SCc2nc3scc(-c4ccccc4)c3c(=O)[nH]2)CC1. The standard InChI is InChI=1S/C25H32N4O2S2/c1-17-9-13-29(14-10-17)12-6-11-26-23(30)18(2)32-16-21-27-24(31)22-20(15-33-25(22)28-21)19-7-4-3-5-8-19/h3-5,7-8,15,17-18H,6,9-14,16H2,1-2H3,(H,26,30)(H,27,28,31). The largest absolute Gasteiger partial charge is 0.355 e. The number of benzene rings is 1. The van der Waals surface area contributed by atoms with E-state index in [1.807, 2.05) is 42.6 Å². The molecule has 6 nitrogen and oxygen atoms in total. The highest BCUT2D eigenvalue weighted by Crippen LogP contribution is 2.30. The zero-order valence-electron chi connectivity index (χ0n) is 19.3. The van der Waals surface area contributed by atoms with Gasteiger partial charge in [0.25, 0.3) is 5.56 Å². The van der Waals surface area contributed by atoms with Crippen LogP contribution in [0, 0.1) is 5.92 Å². The van der Waals surface area contributed by atoms with Gasteiger partial charge in [-0.2, -0.15) is 0 Å². The fourth-order valence-electron chi connectivity index (χ4n) is 4.12. The van der Waals surface area contributed by atoms with E-state index in [2.05, 4.69) is 27.1 Å². The Kier molecular flexibility index (Phi) is 8.22. The molecule has 33 heavy (non-hydrogen) atoms. The third-order valence-corrected chi connectivity index (χ3v) is 8.27. The van der Waals surface area contributed by atoms with Gasteiger partial charge in [-0.15, -0.1) is 23.1 Å². The monoisotopic (exact) mass is 484 g/mol. The number of carbonyl (C=O) groups is 1. The number of hydrogen-bond donors (Lipinski definition) is 2. The number of aromatic nitrogens is 2. The number of carbonyl (C=O) groups excluding carboxylic acids is 1. The van der Waals surface area contributed by atoms with Crippen molar-refractivity contribution in [2.75, 3.05) is 26.2 Å². The van der Waals surface area contributed by atoms with Gasteiger partial charge in [-0.25, -0.2) is 4.98 Å². The number of fused-ring (bicyclic) bond motifs is 1. The highest BCUT2D eigenvalue weighted by atomic mass is 32.2. The summed E-state index contributed by atoms with van der Waals surface area (Å²) in [6, 6.07) is 9.89. The van der Waals surface area contributed by atoms with Crippen molar-refractivity contribution in [1.82, 2.24) is 20.2 Å². The van der Waals surface area contributed by atoms with Crippen LogP contribution in [0.4, 0.5) is 0 Å². The molecule has 2 aromatic heterocycles. The van der Waals surface area contributed by atoms with Crippen molar-refractivity contribution in [1.29, 1.82) is 0 Å². The topological polar surface area (TPSA) is 78.1 Å². The van der Waals surface area contributed by atoms with Gasteiger partial charge < -0.3 is 15.2 Å². The summed E-state index contributed by atoms with van der Waals surface area (Å²) in [7, 11) is 0. The molecular formula is C25H32N4O2S2. The van der Waals surface area contributed by atoms with E-state index < -0.39 is 0 Å². The zero-order valence-corrected chi connectivity index (χ0v) is 20.9. The Morgan fingerprint density at radius 1 is 1.30 bits per heavy atom. The van der Waals surface area contributed by atoms with Gasteiger partial charge in [0, 0.05) is 17.5 Å². The van der Waals surface area contributed by atoms with Gasteiger partial charge in [-0.3, -0.25) is 9.59 Å². The molecule has 3 heterocycles. The molecule has 3 aromatic rings. The number of thiophene rings is 1. The van der Waals surface area contributed by atoms with Crippen LogP contribution < -0.4 is 10.9 Å². The van der Waals surface area contributed by atoms with Gasteiger partial charge in [-0.1, -0.05) is 37.3 Å². The second-order valence-electron chi connectivity index (χ2n) is 8.83. The van der Waals surface area contributed by atoms with Crippen molar-refractivity contribution in [3.8, 4) is 11.1 Å². The van der Waals surface area contributed by atoms with Gasteiger partial charge in [0.1, 0.15) is 10.7 Å². The average molecular weight is 485 g/mol. The number of nitrogens with zero attached hydrogens (tertiary/aromatic N) is 2. The maximum Gasteiger partial charge on any atom is 0.260 e. The molecule has 0 bridgehead atoms. The minimum atomic E-state index is -0.204. The van der Waals surface area contributed by atoms with Crippen LogP contribution in [0.1, 0.15) is 38.9 Å². The van der Waals surface area contributed by atoms with E-state index in [1.165, 1.54) is 49.0 Å². The summed E-state index contributed by atoms with van der Waals surface area (Å²) >= 11 is 2.97. The number of H-pyrrole nitrogens is 1. The molecule has 8 heteroatoms. The highest BCUT2D eigenvalue weighted by molar-refractivity contribution is 7.99. The number of rotatable bonds is 9. The molecule has 2 N–H and O–H groups in total. The van der Waals surface area contributed by atoms with E-state index in [0.29, 0.717) is 23.5 Å². The lowest BCUT2D eigenvalue weighted by atomic mass is 9.99. The highest BCUT2D eigenvalue weighted by Gasteiger charge is 2.17. The van der Waals surface area contributed by atoms with Crippen molar-refractivity contribution in [2.24, 2.45) is 5.92 Å². The van der Waals surface area contributed by atoms with Gasteiger partial charge in [-0.05, 0) is 57.3 Å². The zero-order chi connectivity index (χ0) is 23.2. The fourth-order valence-corrected chi connectivity index (χ4v) is 5.86. The van der Waals surface area contributed by atoms with Crippen molar-refractivity contribution in [3.63, 3.8) is 0 Å². The molecule has 1 unspecified atom stereocenters. The summed E-state index contributed by atoms with van der Waals surface area (Å²) in [5.74, 6) is 1.98. The van der Waals surface area contributed by atoms with Gasteiger partial charge in [0.15, 0.2) is 0 Å². The molecule has 1 atom stereocenters. The van der Waals surface area contributed by atoms with E-state index in [-0.39, 0.29) is 16.7 Å². The van der Waals surface area contributed by atoms with Gasteiger partial charge >= 0.3 is 0 Å². The van der Waals surface area contributed by atoms with E-state index in [0.717, 1.165) is 34.8 Å². The molecule has 0 spiro atoms. The number of aromatic amines is 1. The van der Waals surface area contributed by atoms with Crippen molar-refractivity contribution >= 4 is 39.2 Å². The molecule has 1 fully saturated rings. The Labute approximate surface area is 203 Å². The Balaban J connectivity index is 1.26. The van der Waals surface area contributed by atoms with Crippen LogP contribution in [0.2, 0.25) is 0 Å². The molecule has 4 rings (SSSR count). The molecule has 1 aliphatic heterocycles. The first-order valence-electron chi connectivity index (χ1n) is 11.7. The molecule has 1 saturated heterocycles. The van der Waals surface area contributed by atoms with Crippen LogP contribution >= 0.6 is 23.1 Å². The Morgan fingerprint density at radius 2 is 2.06 bits per heavy atom. The first kappa shape index (κ1) is 24.0. The van der Waals surface area contributed by atoms with Crippen molar-refractivity contribution < 1.29 is 4.79 Å². The van der Waals surface area contributed by atoms with E-state index in [1.54, 1.807) is 0 Å². The number of hydrogen-bond acceptors (Lipinski definition) is 6. The summed E-state index contributed by atoms with van der Waals surface area (Å²) in [5, 5.41) is 5.47. The molecule has 1 aliphatic rings. The molecule has 0 saturated carbocycles. The van der Waals surface area contributed by atoms with Crippen LogP contribution in [0.15, 0.2) is 40.5 Å². The number of nitrogens with one attached hydrogen (secondary N) is 2. The van der Waals surface area contributed by atoms with E-state index >= 15 is 0 Å². The maximum atomic E-state index is 12.8. The van der Waals surface area contributed by atoms with Gasteiger partial charge in [0.05, 0.1) is 16.4 Å².